The van der Waals surface area contributed by atoms with E-state index in [-0.39, 0.29) is 11.8 Å². The van der Waals surface area contributed by atoms with Gasteiger partial charge in [0, 0.05) is 11.8 Å². The molecule has 8 heteroatoms. The molecule has 2 aromatic heterocycles. The van der Waals surface area contributed by atoms with Gasteiger partial charge in [-0.05, 0) is 21.9 Å². The van der Waals surface area contributed by atoms with Crippen molar-refractivity contribution >= 4 is 5.97 Å². The standard InChI is InChI=1S/C13H16FN5O2/c1-13(2,3)10(5-11(20)21)19-12(16-17-18-19)8-4-9(14)7-15-6-8/h4,6-7,10H,5H2,1-3H3,(H,20,21). The monoisotopic (exact) mass is 293 g/mol. The molecular weight excluding hydrogens is 277 g/mol. The lowest BCUT2D eigenvalue weighted by molar-refractivity contribution is -0.138. The Balaban J connectivity index is 2.49. The van der Waals surface area contributed by atoms with Crippen molar-refractivity contribution in [3.05, 3.63) is 24.3 Å². The number of hydrogen-bond acceptors (Lipinski definition) is 5. The lowest BCUT2D eigenvalue weighted by Gasteiger charge is -2.29. The molecule has 0 fully saturated rings. The minimum atomic E-state index is -0.950. The van der Waals surface area contributed by atoms with Gasteiger partial charge in [-0.2, -0.15) is 0 Å². The summed E-state index contributed by atoms with van der Waals surface area (Å²) >= 11 is 0. The highest BCUT2D eigenvalue weighted by atomic mass is 19.1. The highest BCUT2D eigenvalue weighted by Crippen LogP contribution is 2.35. The Bertz CT molecular complexity index is 650. The highest BCUT2D eigenvalue weighted by Gasteiger charge is 2.32. The van der Waals surface area contributed by atoms with Gasteiger partial charge < -0.3 is 5.11 Å². The molecule has 21 heavy (non-hydrogen) atoms. The van der Waals surface area contributed by atoms with Crippen molar-refractivity contribution in [3.8, 4) is 11.4 Å². The maximum Gasteiger partial charge on any atom is 0.305 e. The van der Waals surface area contributed by atoms with Crippen LogP contribution in [0.5, 0.6) is 0 Å². The van der Waals surface area contributed by atoms with Crippen molar-refractivity contribution in [1.82, 2.24) is 25.2 Å². The molecule has 0 amide bonds. The average molecular weight is 293 g/mol. The van der Waals surface area contributed by atoms with E-state index in [4.69, 9.17) is 5.11 Å². The van der Waals surface area contributed by atoms with Crippen LogP contribution in [0.1, 0.15) is 33.2 Å². The van der Waals surface area contributed by atoms with Gasteiger partial charge in [0.2, 0.25) is 0 Å². The second-order valence-electron chi connectivity index (χ2n) is 5.82. The van der Waals surface area contributed by atoms with Gasteiger partial charge in [-0.15, -0.1) is 5.10 Å². The summed E-state index contributed by atoms with van der Waals surface area (Å²) in [4.78, 5) is 14.9. The van der Waals surface area contributed by atoms with E-state index >= 15 is 0 Å². The first-order valence-corrected chi connectivity index (χ1v) is 6.39. The smallest absolute Gasteiger partial charge is 0.305 e. The van der Waals surface area contributed by atoms with Gasteiger partial charge in [0.05, 0.1) is 18.7 Å². The van der Waals surface area contributed by atoms with Crippen LogP contribution in [0, 0.1) is 11.2 Å². The van der Waals surface area contributed by atoms with Gasteiger partial charge in [0.1, 0.15) is 5.82 Å². The van der Waals surface area contributed by atoms with E-state index in [1.54, 1.807) is 0 Å². The number of rotatable bonds is 4. The number of halogens is 1. The van der Waals surface area contributed by atoms with Gasteiger partial charge in [-0.1, -0.05) is 20.8 Å². The predicted molar refractivity (Wildman–Crippen MR) is 71.8 cm³/mol. The lowest BCUT2D eigenvalue weighted by Crippen LogP contribution is -2.28. The van der Waals surface area contributed by atoms with Crippen LogP contribution in [0.25, 0.3) is 11.4 Å². The SMILES string of the molecule is CC(C)(C)C(CC(=O)O)n1nnnc1-c1cncc(F)c1. The van der Waals surface area contributed by atoms with Crippen LogP contribution < -0.4 is 0 Å². The topological polar surface area (TPSA) is 93.8 Å². The molecule has 0 radical (unpaired) electrons. The molecule has 2 aromatic rings. The molecule has 1 unspecified atom stereocenters. The van der Waals surface area contributed by atoms with Crippen LogP contribution in [0.3, 0.4) is 0 Å². The van der Waals surface area contributed by atoms with Crippen LogP contribution >= 0.6 is 0 Å². The summed E-state index contributed by atoms with van der Waals surface area (Å²) in [7, 11) is 0. The Labute approximate surface area is 120 Å². The number of tetrazole rings is 1. The molecular formula is C13H16FN5O2. The van der Waals surface area contributed by atoms with Crippen LogP contribution in [-0.2, 0) is 4.79 Å². The molecule has 1 atom stereocenters. The van der Waals surface area contributed by atoms with E-state index in [1.165, 1.54) is 16.9 Å². The molecule has 0 bridgehead atoms. The number of carboxylic acid groups (broad SMARTS) is 1. The van der Waals surface area contributed by atoms with E-state index in [0.717, 1.165) is 6.20 Å². The van der Waals surface area contributed by atoms with Crippen LogP contribution in [0.4, 0.5) is 4.39 Å². The first-order chi connectivity index (χ1) is 9.79. The Morgan fingerprint density at radius 1 is 1.43 bits per heavy atom. The molecule has 1 N–H and O–H groups in total. The van der Waals surface area contributed by atoms with Crippen molar-refractivity contribution in [3.63, 3.8) is 0 Å². The number of hydrogen-bond donors (Lipinski definition) is 1. The van der Waals surface area contributed by atoms with Crippen LogP contribution in [-0.4, -0.2) is 36.3 Å². The molecule has 0 aliphatic rings. The number of pyridine rings is 1. The number of aromatic nitrogens is 5. The molecule has 0 spiro atoms. The Morgan fingerprint density at radius 3 is 2.71 bits per heavy atom. The maximum absolute atomic E-state index is 13.3. The Hall–Kier alpha value is -2.38. The summed E-state index contributed by atoms with van der Waals surface area (Å²) in [6, 6.07) is 0.790. The molecule has 7 nitrogen and oxygen atoms in total. The Morgan fingerprint density at radius 2 is 2.14 bits per heavy atom. The molecule has 0 saturated carbocycles. The summed E-state index contributed by atoms with van der Waals surface area (Å²) in [6.07, 6.45) is 2.38. The second-order valence-corrected chi connectivity index (χ2v) is 5.82. The summed E-state index contributed by atoms with van der Waals surface area (Å²) in [5.41, 5.74) is 0.0168. The van der Waals surface area contributed by atoms with Crippen molar-refractivity contribution < 1.29 is 14.3 Å². The number of nitrogens with zero attached hydrogens (tertiary/aromatic N) is 5. The van der Waals surface area contributed by atoms with Gasteiger partial charge in [0.15, 0.2) is 5.82 Å². The van der Waals surface area contributed by atoms with Gasteiger partial charge in [0.25, 0.3) is 0 Å². The number of carboxylic acids is 1. The minimum absolute atomic E-state index is 0.135. The number of aliphatic carboxylic acids is 1. The molecule has 0 aromatic carbocycles. The second kappa shape index (κ2) is 5.55. The van der Waals surface area contributed by atoms with E-state index in [2.05, 4.69) is 20.5 Å². The quantitative estimate of drug-likeness (QED) is 0.925. The van der Waals surface area contributed by atoms with Crippen LogP contribution in [0.15, 0.2) is 18.5 Å². The molecule has 2 rings (SSSR count). The number of carbonyl (C=O) groups is 1. The first kappa shape index (κ1) is 15.0. The fourth-order valence-corrected chi connectivity index (χ4v) is 2.05. The molecule has 2 heterocycles. The van der Waals surface area contributed by atoms with Crippen molar-refractivity contribution in [2.75, 3.05) is 0 Å². The highest BCUT2D eigenvalue weighted by molar-refractivity contribution is 5.67. The maximum atomic E-state index is 13.3. The third-order valence-corrected chi connectivity index (χ3v) is 3.12. The molecule has 112 valence electrons. The first-order valence-electron chi connectivity index (χ1n) is 6.39. The normalized spacial score (nSPS) is 13.1. The fraction of sp³-hybridized carbons (Fsp3) is 0.462. The summed E-state index contributed by atoms with van der Waals surface area (Å²) in [5.74, 6) is -1.16. The molecule has 0 aliphatic heterocycles. The van der Waals surface area contributed by atoms with E-state index < -0.39 is 17.8 Å². The average Bonchev–Trinajstić information content (AvgIpc) is 2.83. The molecule has 0 saturated heterocycles. The Kier molecular flexibility index (Phi) is 3.97. The van der Waals surface area contributed by atoms with Crippen molar-refractivity contribution in [2.45, 2.75) is 33.2 Å². The molecule has 0 aliphatic carbocycles. The summed E-state index contributed by atoms with van der Waals surface area (Å²) in [5, 5.41) is 20.4. The van der Waals surface area contributed by atoms with E-state index in [0.29, 0.717) is 11.4 Å². The summed E-state index contributed by atoms with van der Waals surface area (Å²) < 4.78 is 14.7. The van der Waals surface area contributed by atoms with Gasteiger partial charge in [-0.25, -0.2) is 9.07 Å². The van der Waals surface area contributed by atoms with E-state index in [9.17, 15) is 9.18 Å². The fourth-order valence-electron chi connectivity index (χ4n) is 2.05. The van der Waals surface area contributed by atoms with Gasteiger partial charge in [-0.3, -0.25) is 9.78 Å². The largest absolute Gasteiger partial charge is 0.481 e. The third-order valence-electron chi connectivity index (χ3n) is 3.12. The minimum Gasteiger partial charge on any atom is -0.481 e. The predicted octanol–water partition coefficient (Wildman–Crippen LogP) is 1.94. The van der Waals surface area contributed by atoms with E-state index in [1.807, 2.05) is 20.8 Å². The zero-order valence-corrected chi connectivity index (χ0v) is 12.0. The van der Waals surface area contributed by atoms with Crippen molar-refractivity contribution in [1.29, 1.82) is 0 Å². The van der Waals surface area contributed by atoms with Crippen molar-refractivity contribution in [2.24, 2.45) is 5.41 Å². The van der Waals surface area contributed by atoms with Gasteiger partial charge >= 0.3 is 5.97 Å². The van der Waals surface area contributed by atoms with Crippen LogP contribution in [0.2, 0.25) is 0 Å². The zero-order valence-electron chi connectivity index (χ0n) is 12.0. The lowest BCUT2D eigenvalue weighted by atomic mass is 9.84. The zero-order chi connectivity index (χ0) is 15.6. The third kappa shape index (κ3) is 3.39. The summed E-state index contributed by atoms with van der Waals surface area (Å²) in [6.45, 7) is 5.70.